The van der Waals surface area contributed by atoms with Crippen LogP contribution in [0.2, 0.25) is 5.02 Å². The Morgan fingerprint density at radius 3 is 2.42 bits per heavy atom. The highest BCUT2D eigenvalue weighted by molar-refractivity contribution is 8.00. The van der Waals surface area contributed by atoms with E-state index >= 15 is 0 Å². The van der Waals surface area contributed by atoms with E-state index in [4.69, 9.17) is 11.6 Å². The van der Waals surface area contributed by atoms with Crippen LogP contribution in [-0.4, -0.2) is 47.7 Å². The average Bonchev–Trinajstić information content (AvgIpc) is 2.90. The fourth-order valence-corrected chi connectivity index (χ4v) is 4.26. The Kier molecular flexibility index (Phi) is 6.76. The second-order valence-electron chi connectivity index (χ2n) is 6.09. The maximum atomic E-state index is 13.2. The highest BCUT2D eigenvalue weighted by Crippen LogP contribution is 2.32. The third-order valence-corrected chi connectivity index (χ3v) is 5.88. The largest absolute Gasteiger partial charge is 0.341 e. The van der Waals surface area contributed by atoms with Crippen LogP contribution in [0.4, 0.5) is 8.78 Å². The van der Waals surface area contributed by atoms with Crippen LogP contribution >= 0.6 is 35.8 Å². The van der Waals surface area contributed by atoms with Gasteiger partial charge >= 0.3 is 0 Å². The molecular weight excluding hydrogens is 377 g/mol. The Balaban J connectivity index is 0.00000208. The molecule has 1 atom stereocenters. The molecule has 0 saturated carbocycles. The summed E-state index contributed by atoms with van der Waals surface area (Å²) in [6.07, 6.45) is 1.37. The number of carbonyl (C=O) groups is 1. The van der Waals surface area contributed by atoms with Gasteiger partial charge in [0.25, 0.3) is 5.92 Å². The number of alkyl halides is 2. The van der Waals surface area contributed by atoms with Gasteiger partial charge in [-0.15, -0.1) is 24.2 Å². The molecule has 134 valence electrons. The molecule has 0 bridgehead atoms. The molecule has 0 spiro atoms. The number of thioether (sulfide) groups is 1. The van der Waals surface area contributed by atoms with Crippen LogP contribution < -0.4 is 5.32 Å². The summed E-state index contributed by atoms with van der Waals surface area (Å²) in [5.41, 5.74) is 0. The van der Waals surface area contributed by atoms with Crippen LogP contribution in [0.1, 0.15) is 19.3 Å². The predicted octanol–water partition coefficient (Wildman–Crippen LogP) is 3.84. The van der Waals surface area contributed by atoms with Crippen LogP contribution in [0, 0.1) is 0 Å². The molecule has 3 nitrogen and oxygen atoms in total. The van der Waals surface area contributed by atoms with Gasteiger partial charge in [0.2, 0.25) is 5.91 Å². The van der Waals surface area contributed by atoms with E-state index in [-0.39, 0.29) is 24.7 Å². The lowest BCUT2D eigenvalue weighted by molar-refractivity contribution is -0.134. The van der Waals surface area contributed by atoms with Gasteiger partial charge in [-0.1, -0.05) is 11.6 Å². The van der Waals surface area contributed by atoms with Crippen LogP contribution in [-0.2, 0) is 4.79 Å². The van der Waals surface area contributed by atoms with Crippen molar-refractivity contribution in [3.8, 4) is 0 Å². The van der Waals surface area contributed by atoms with Crippen molar-refractivity contribution in [2.75, 3.05) is 19.6 Å². The molecule has 1 aromatic rings. The summed E-state index contributed by atoms with van der Waals surface area (Å²) in [4.78, 5) is 15.2. The first-order chi connectivity index (χ1) is 10.9. The summed E-state index contributed by atoms with van der Waals surface area (Å²) in [5.74, 6) is -2.94. The van der Waals surface area contributed by atoms with Crippen molar-refractivity contribution in [2.24, 2.45) is 0 Å². The molecule has 1 amide bonds. The predicted molar refractivity (Wildman–Crippen MR) is 95.5 cm³/mol. The zero-order valence-electron chi connectivity index (χ0n) is 13.0. The monoisotopic (exact) mass is 396 g/mol. The number of nitrogens with zero attached hydrogens (tertiary/aromatic N) is 1. The maximum Gasteiger partial charge on any atom is 0.262 e. The van der Waals surface area contributed by atoms with Gasteiger partial charge < -0.3 is 4.90 Å². The van der Waals surface area contributed by atoms with Crippen molar-refractivity contribution >= 4 is 41.7 Å². The standard InChI is InChI=1S/C16H19ClF2N2OS.ClH/c17-11-1-3-12(4-2-11)23-13-5-7-21(8-6-13)15(22)14-9-16(18,19)10-20-14;/h1-4,13-14,20H,5-10H2;1H. The van der Waals surface area contributed by atoms with Gasteiger partial charge in [0.05, 0.1) is 12.6 Å². The van der Waals surface area contributed by atoms with E-state index in [1.807, 2.05) is 24.3 Å². The minimum Gasteiger partial charge on any atom is -0.341 e. The number of piperidine rings is 1. The van der Waals surface area contributed by atoms with E-state index < -0.39 is 18.5 Å². The van der Waals surface area contributed by atoms with Crippen LogP contribution in [0.25, 0.3) is 0 Å². The van der Waals surface area contributed by atoms with Gasteiger partial charge in [-0.25, -0.2) is 8.78 Å². The second kappa shape index (κ2) is 8.21. The average molecular weight is 397 g/mol. The number of hydrogen-bond donors (Lipinski definition) is 1. The van der Waals surface area contributed by atoms with Crippen molar-refractivity contribution in [2.45, 2.75) is 41.4 Å². The van der Waals surface area contributed by atoms with Gasteiger partial charge in [-0.3, -0.25) is 10.1 Å². The molecule has 1 unspecified atom stereocenters. The quantitative estimate of drug-likeness (QED) is 0.841. The molecule has 2 aliphatic heterocycles. The number of benzene rings is 1. The molecule has 0 aliphatic carbocycles. The molecule has 1 N–H and O–H groups in total. The molecule has 2 saturated heterocycles. The van der Waals surface area contributed by atoms with E-state index in [1.165, 1.54) is 0 Å². The molecule has 0 aromatic heterocycles. The number of rotatable bonds is 3. The lowest BCUT2D eigenvalue weighted by Crippen LogP contribution is -2.47. The van der Waals surface area contributed by atoms with Crippen molar-refractivity contribution in [1.29, 1.82) is 0 Å². The van der Waals surface area contributed by atoms with Crippen LogP contribution in [0.15, 0.2) is 29.2 Å². The number of nitrogens with one attached hydrogen (secondary N) is 1. The van der Waals surface area contributed by atoms with E-state index in [2.05, 4.69) is 5.32 Å². The first kappa shape index (κ1) is 19.8. The SMILES string of the molecule is Cl.O=C(C1CC(F)(F)CN1)N1CCC(Sc2ccc(Cl)cc2)CC1. The van der Waals surface area contributed by atoms with Crippen LogP contribution in [0.3, 0.4) is 0 Å². The van der Waals surface area contributed by atoms with E-state index in [1.54, 1.807) is 16.7 Å². The number of likely N-dealkylation sites (tertiary alicyclic amines) is 1. The number of carbonyl (C=O) groups excluding carboxylic acids is 1. The maximum absolute atomic E-state index is 13.2. The van der Waals surface area contributed by atoms with Crippen LogP contribution in [0.5, 0.6) is 0 Å². The molecule has 24 heavy (non-hydrogen) atoms. The first-order valence-corrected chi connectivity index (χ1v) is 9.01. The highest BCUT2D eigenvalue weighted by Gasteiger charge is 2.43. The molecule has 3 rings (SSSR count). The van der Waals surface area contributed by atoms with Crippen molar-refractivity contribution in [3.63, 3.8) is 0 Å². The summed E-state index contributed by atoms with van der Waals surface area (Å²) in [5, 5.41) is 3.80. The normalized spacial score (nSPS) is 23.8. The van der Waals surface area contributed by atoms with Gasteiger partial charge in [-0.2, -0.15) is 0 Å². The second-order valence-corrected chi connectivity index (χ2v) is 7.90. The molecular formula is C16H20Cl2F2N2OS. The Morgan fingerprint density at radius 1 is 1.25 bits per heavy atom. The topological polar surface area (TPSA) is 32.3 Å². The highest BCUT2D eigenvalue weighted by atomic mass is 35.5. The summed E-state index contributed by atoms with van der Waals surface area (Å²) in [6, 6.07) is 7.00. The number of amides is 1. The molecule has 8 heteroatoms. The van der Waals surface area contributed by atoms with Gasteiger partial charge in [0.1, 0.15) is 0 Å². The zero-order chi connectivity index (χ0) is 16.4. The molecule has 2 fully saturated rings. The smallest absolute Gasteiger partial charge is 0.262 e. The first-order valence-electron chi connectivity index (χ1n) is 7.75. The number of hydrogen-bond acceptors (Lipinski definition) is 3. The molecule has 2 aliphatic rings. The van der Waals surface area contributed by atoms with Gasteiger partial charge in [0.15, 0.2) is 0 Å². The Hall–Kier alpha value is -0.560. The zero-order valence-corrected chi connectivity index (χ0v) is 15.4. The fraction of sp³-hybridized carbons (Fsp3) is 0.562. The third kappa shape index (κ3) is 4.97. The molecule has 0 radical (unpaired) electrons. The minimum absolute atomic E-state index is 0. The lowest BCUT2D eigenvalue weighted by Gasteiger charge is -2.33. The summed E-state index contributed by atoms with van der Waals surface area (Å²) in [7, 11) is 0. The van der Waals surface area contributed by atoms with E-state index in [0.717, 1.165) is 22.8 Å². The fourth-order valence-electron chi connectivity index (χ4n) is 3.01. The van der Waals surface area contributed by atoms with E-state index in [9.17, 15) is 13.6 Å². The minimum atomic E-state index is -2.76. The van der Waals surface area contributed by atoms with Crippen molar-refractivity contribution < 1.29 is 13.6 Å². The van der Waals surface area contributed by atoms with Crippen molar-refractivity contribution in [3.05, 3.63) is 29.3 Å². The van der Waals surface area contributed by atoms with Gasteiger partial charge in [0, 0.05) is 34.7 Å². The number of halogens is 4. The summed E-state index contributed by atoms with van der Waals surface area (Å²) < 4.78 is 26.4. The Bertz CT molecular complexity index is 566. The van der Waals surface area contributed by atoms with Gasteiger partial charge in [-0.05, 0) is 37.1 Å². The molecule has 2 heterocycles. The van der Waals surface area contributed by atoms with Crippen molar-refractivity contribution in [1.82, 2.24) is 10.2 Å². The lowest BCUT2D eigenvalue weighted by atomic mass is 10.1. The summed E-state index contributed by atoms with van der Waals surface area (Å²) in [6.45, 7) is 0.869. The Morgan fingerprint density at radius 2 is 1.88 bits per heavy atom. The molecule has 1 aromatic carbocycles. The Labute approximate surface area is 155 Å². The summed E-state index contributed by atoms with van der Waals surface area (Å²) >= 11 is 7.66. The third-order valence-electron chi connectivity index (χ3n) is 4.28. The van der Waals surface area contributed by atoms with E-state index in [0.29, 0.717) is 18.3 Å².